The molecule has 0 fully saturated rings. The van der Waals surface area contributed by atoms with Gasteiger partial charge < -0.3 is 14.4 Å². The van der Waals surface area contributed by atoms with E-state index in [4.69, 9.17) is 4.11 Å². The number of anilines is 6. The summed E-state index contributed by atoms with van der Waals surface area (Å²) in [5.74, 6) is 0. The molecule has 0 radical (unpaired) electrons. The Kier molecular flexibility index (Phi) is 8.17. The second kappa shape index (κ2) is 16.9. The van der Waals surface area contributed by atoms with Gasteiger partial charge in [-0.05, 0) is 147 Å². The molecule has 1 aliphatic carbocycles. The van der Waals surface area contributed by atoms with Crippen molar-refractivity contribution in [2.45, 2.75) is 5.41 Å². The number of fused-ring (bicyclic) bond motifs is 8. The lowest BCUT2D eigenvalue weighted by molar-refractivity contribution is 0.778. The largest absolute Gasteiger partial charge is 0.310 e. The van der Waals surface area contributed by atoms with E-state index in [2.05, 4.69) is 166 Å². The van der Waals surface area contributed by atoms with Crippen molar-refractivity contribution in [3.63, 3.8) is 0 Å². The minimum atomic E-state index is -1.55. The van der Waals surface area contributed by atoms with Crippen molar-refractivity contribution < 1.29 is 9.60 Å². The van der Waals surface area contributed by atoms with E-state index in [1.54, 1.807) is 0 Å². The third-order valence-corrected chi connectivity index (χ3v) is 14.4. The molecule has 0 spiro atoms. The van der Waals surface area contributed by atoms with E-state index < -0.39 is 29.6 Å². The normalized spacial score (nSPS) is 15.2. The summed E-state index contributed by atoms with van der Waals surface area (Å²) < 4.78 is 69.4. The zero-order valence-electron chi connectivity index (χ0n) is 45.9. The average molecular weight is 925 g/mol. The molecule has 0 N–H and O–H groups in total. The highest BCUT2D eigenvalue weighted by molar-refractivity contribution is 6.13. The highest BCUT2D eigenvalue weighted by Gasteiger charge is 2.48. The minimum absolute atomic E-state index is 0.103. The van der Waals surface area contributed by atoms with Gasteiger partial charge in [-0.25, -0.2) is 0 Å². The van der Waals surface area contributed by atoms with Gasteiger partial charge in [0.2, 0.25) is 0 Å². The van der Waals surface area contributed by atoms with Gasteiger partial charge in [0.25, 0.3) is 0 Å². The fourth-order valence-electron chi connectivity index (χ4n) is 11.4. The SMILES string of the molecule is [2H]c1c([2H])c([2H])c2c([2H])c(C3(c4cccc5c4c4ccccc4n5-c4ccccc4)c4ccc(N(c5ccccc5)c5ccccc5)cc4-c4cc(N(c5ccccc5)c5cccc6ccccc56)ccc43)c([2H])c([2H])c2c1[2H]. The Bertz CT molecular complexity index is 4540. The van der Waals surface area contributed by atoms with Crippen LogP contribution in [-0.4, -0.2) is 4.57 Å². The summed E-state index contributed by atoms with van der Waals surface area (Å²) in [6, 6.07) is 80.4. The number of para-hydroxylation sites is 5. The summed E-state index contributed by atoms with van der Waals surface area (Å²) in [4.78, 5) is 4.51. The smallest absolute Gasteiger partial charge is 0.0720 e. The van der Waals surface area contributed by atoms with Crippen LogP contribution in [0.5, 0.6) is 0 Å². The molecule has 1 atom stereocenters. The highest BCUT2D eigenvalue weighted by atomic mass is 15.1. The first-order chi connectivity index (χ1) is 38.7. The Morgan fingerprint density at radius 1 is 0.361 bits per heavy atom. The fraction of sp³-hybridized carbons (Fsp3) is 0.0145. The topological polar surface area (TPSA) is 11.4 Å². The molecule has 0 bridgehead atoms. The molecule has 1 aliphatic rings. The molecule has 3 heteroatoms. The quantitative estimate of drug-likeness (QED) is 0.143. The van der Waals surface area contributed by atoms with Gasteiger partial charge in [-0.2, -0.15) is 0 Å². The number of rotatable bonds is 9. The van der Waals surface area contributed by atoms with Crippen molar-refractivity contribution in [1.29, 1.82) is 0 Å². The number of nitrogens with zero attached hydrogens (tertiary/aromatic N) is 3. The van der Waals surface area contributed by atoms with Crippen LogP contribution in [0.2, 0.25) is 0 Å². The average Bonchev–Trinajstić information content (AvgIpc) is 4.22. The monoisotopic (exact) mass is 924 g/mol. The van der Waals surface area contributed by atoms with Gasteiger partial charge in [0, 0.05) is 50.3 Å². The molecule has 0 amide bonds. The van der Waals surface area contributed by atoms with Gasteiger partial charge in [-0.3, -0.25) is 0 Å². The summed E-state index contributed by atoms with van der Waals surface area (Å²) >= 11 is 0. The van der Waals surface area contributed by atoms with Crippen molar-refractivity contribution in [1.82, 2.24) is 4.57 Å². The van der Waals surface area contributed by atoms with E-state index >= 15 is 0 Å². The molecule has 0 saturated carbocycles. The zero-order valence-corrected chi connectivity index (χ0v) is 38.9. The van der Waals surface area contributed by atoms with E-state index in [0.29, 0.717) is 0 Å². The van der Waals surface area contributed by atoms with Crippen LogP contribution in [0.15, 0.2) is 285 Å². The number of hydrogen-bond donors (Lipinski definition) is 0. The molecule has 13 aromatic rings. The first-order valence-corrected chi connectivity index (χ1v) is 24.3. The van der Waals surface area contributed by atoms with Crippen LogP contribution in [0.1, 0.15) is 31.8 Å². The molecular formula is C69H47N3. The lowest BCUT2D eigenvalue weighted by Gasteiger charge is -2.35. The lowest BCUT2D eigenvalue weighted by Crippen LogP contribution is -2.29. The standard InChI is InChI=1S/C69H47N3/c1-5-25-52(26-6-1)70(53-27-7-2-8-28-53)56-41-43-62-60(46-56)61-47-57(71(54-29-9-3-10-30-54)65-37-19-24-49-22-15-16-33-58(49)65)42-44-63(61)69(62,51-40-39-48-21-13-14-23-50(48)45-51)64-35-20-38-67-68(64)59-34-17-18-36-66(59)72(67)55-31-11-4-12-32-55/h1-47H/i13D,14D,21D,23D,39D,40D,45D. The maximum atomic E-state index is 10.6. The first kappa shape index (κ1) is 34.8. The van der Waals surface area contributed by atoms with Crippen LogP contribution in [0.25, 0.3) is 60.2 Å². The van der Waals surface area contributed by atoms with Gasteiger partial charge in [0.05, 0.1) is 31.7 Å². The number of aromatic nitrogens is 1. The molecule has 0 aliphatic heterocycles. The molecule has 1 heterocycles. The Labute approximate surface area is 429 Å². The third kappa shape index (κ3) is 6.45. The fourth-order valence-corrected chi connectivity index (χ4v) is 11.4. The Morgan fingerprint density at radius 3 is 1.57 bits per heavy atom. The van der Waals surface area contributed by atoms with Crippen LogP contribution >= 0.6 is 0 Å². The molecule has 12 aromatic carbocycles. The summed E-state index contributed by atoms with van der Waals surface area (Å²) in [5, 5.41) is 3.72. The van der Waals surface area contributed by atoms with Gasteiger partial charge in [0.15, 0.2) is 0 Å². The molecule has 3 nitrogen and oxygen atoms in total. The van der Waals surface area contributed by atoms with E-state index in [1.165, 1.54) is 0 Å². The third-order valence-electron chi connectivity index (χ3n) is 14.4. The van der Waals surface area contributed by atoms with E-state index in [9.17, 15) is 5.48 Å². The number of benzene rings is 12. The van der Waals surface area contributed by atoms with E-state index in [-0.39, 0.29) is 34.5 Å². The molecular weight excluding hydrogens is 871 g/mol. The predicted molar refractivity (Wildman–Crippen MR) is 302 cm³/mol. The Morgan fingerprint density at radius 2 is 0.889 bits per heavy atom. The van der Waals surface area contributed by atoms with Crippen LogP contribution in [0.3, 0.4) is 0 Å². The molecule has 0 saturated heterocycles. The van der Waals surface area contributed by atoms with Gasteiger partial charge in [-0.15, -0.1) is 0 Å². The van der Waals surface area contributed by atoms with Gasteiger partial charge in [0.1, 0.15) is 0 Å². The minimum Gasteiger partial charge on any atom is -0.310 e. The summed E-state index contributed by atoms with van der Waals surface area (Å²) in [6.07, 6.45) is 0. The van der Waals surface area contributed by atoms with Crippen molar-refractivity contribution in [3.05, 3.63) is 307 Å². The van der Waals surface area contributed by atoms with Gasteiger partial charge in [-0.1, -0.05) is 188 Å². The Balaban J connectivity index is 1.18. The van der Waals surface area contributed by atoms with E-state index in [1.807, 2.05) is 91.0 Å². The van der Waals surface area contributed by atoms with Crippen molar-refractivity contribution in [2.24, 2.45) is 0 Å². The van der Waals surface area contributed by atoms with Crippen molar-refractivity contribution in [3.8, 4) is 16.8 Å². The van der Waals surface area contributed by atoms with Crippen LogP contribution in [0, 0.1) is 0 Å². The summed E-state index contributed by atoms with van der Waals surface area (Å²) in [5.41, 5.74) is 10.9. The van der Waals surface area contributed by atoms with E-state index in [0.717, 1.165) is 100 Å². The van der Waals surface area contributed by atoms with Crippen LogP contribution < -0.4 is 9.80 Å². The first-order valence-electron chi connectivity index (χ1n) is 27.8. The predicted octanol–water partition coefficient (Wildman–Crippen LogP) is 18.4. The maximum Gasteiger partial charge on any atom is 0.0720 e. The molecule has 72 heavy (non-hydrogen) atoms. The maximum absolute atomic E-state index is 10.6. The highest BCUT2D eigenvalue weighted by Crippen LogP contribution is 2.60. The molecule has 1 aromatic heterocycles. The Hall–Kier alpha value is -9.44. The molecule has 14 rings (SSSR count). The zero-order chi connectivity index (χ0) is 53.7. The molecule has 338 valence electrons. The summed E-state index contributed by atoms with van der Waals surface area (Å²) in [7, 11) is 0. The van der Waals surface area contributed by atoms with Crippen LogP contribution in [-0.2, 0) is 5.41 Å². The lowest BCUT2D eigenvalue weighted by atomic mass is 9.66. The van der Waals surface area contributed by atoms with Gasteiger partial charge >= 0.3 is 0 Å². The summed E-state index contributed by atoms with van der Waals surface area (Å²) in [6.45, 7) is 0. The van der Waals surface area contributed by atoms with Crippen molar-refractivity contribution >= 4 is 77.5 Å². The van der Waals surface area contributed by atoms with Crippen LogP contribution in [0.4, 0.5) is 34.1 Å². The second-order valence-electron chi connectivity index (χ2n) is 18.3. The van der Waals surface area contributed by atoms with Crippen molar-refractivity contribution in [2.75, 3.05) is 9.80 Å². The molecule has 1 unspecified atom stereocenters. The number of hydrogen-bond acceptors (Lipinski definition) is 2. The second-order valence-corrected chi connectivity index (χ2v) is 18.3.